The summed E-state index contributed by atoms with van der Waals surface area (Å²) in [5.41, 5.74) is -4.14. The highest BCUT2D eigenvalue weighted by Crippen LogP contribution is 2.44. The molecule has 1 aromatic rings. The number of likely N-dealkylation sites (tertiary alicyclic amines) is 1. The number of nitrogens with zero attached hydrogens (tertiary/aromatic N) is 1. The van der Waals surface area contributed by atoms with Gasteiger partial charge in [0.2, 0.25) is 5.91 Å². The van der Waals surface area contributed by atoms with Crippen LogP contribution in [-0.2, 0) is 39.8 Å². The van der Waals surface area contributed by atoms with Crippen molar-refractivity contribution in [1.29, 1.82) is 0 Å². The molecule has 2 atom stereocenters. The number of hydrogen-bond donors (Lipinski definition) is 1. The summed E-state index contributed by atoms with van der Waals surface area (Å²) in [6.07, 6.45) is -1.97. The first kappa shape index (κ1) is 25.3. The molecular weight excluding hydrogens is 418 g/mol. The van der Waals surface area contributed by atoms with Gasteiger partial charge < -0.3 is 24.2 Å². The van der Waals surface area contributed by atoms with Crippen molar-refractivity contribution in [2.45, 2.75) is 76.9 Å². The monoisotopic (exact) mass is 449 g/mol. The Labute approximate surface area is 187 Å². The molecule has 0 saturated carbocycles. The second kappa shape index (κ2) is 9.68. The number of carbonyl (C=O) groups excluding carboxylic acids is 4. The van der Waals surface area contributed by atoms with Gasteiger partial charge in [-0.15, -0.1) is 0 Å². The zero-order valence-electron chi connectivity index (χ0n) is 19.3. The Morgan fingerprint density at radius 2 is 1.53 bits per heavy atom. The van der Waals surface area contributed by atoms with Crippen LogP contribution in [0.15, 0.2) is 30.3 Å². The van der Waals surface area contributed by atoms with E-state index >= 15 is 0 Å². The average Bonchev–Trinajstić information content (AvgIpc) is 2.90. The number of benzene rings is 1. The van der Waals surface area contributed by atoms with Gasteiger partial charge in [-0.1, -0.05) is 30.3 Å². The summed E-state index contributed by atoms with van der Waals surface area (Å²) in [5, 5.41) is 11.3. The minimum absolute atomic E-state index is 0.0546. The first-order chi connectivity index (χ1) is 14.9. The number of rotatable bonds is 8. The highest BCUT2D eigenvalue weighted by Gasteiger charge is 2.73. The van der Waals surface area contributed by atoms with Gasteiger partial charge in [0.05, 0.1) is 25.7 Å². The quantitative estimate of drug-likeness (QED) is 0.359. The molecule has 0 radical (unpaired) electrons. The maximum absolute atomic E-state index is 13.4. The molecule has 0 aromatic heterocycles. The number of hydrogen-bond acceptors (Lipinski definition) is 8. The largest absolute Gasteiger partial charge is 0.467 e. The smallest absolute Gasteiger partial charge is 0.347 e. The van der Waals surface area contributed by atoms with E-state index in [9.17, 15) is 24.3 Å². The van der Waals surface area contributed by atoms with Crippen LogP contribution in [0.1, 0.15) is 46.6 Å². The Balaban J connectivity index is 2.74. The zero-order chi connectivity index (χ0) is 24.3. The van der Waals surface area contributed by atoms with E-state index in [2.05, 4.69) is 0 Å². The number of ether oxygens (including phenoxy) is 3. The van der Waals surface area contributed by atoms with Gasteiger partial charge in [-0.25, -0.2) is 14.4 Å². The van der Waals surface area contributed by atoms with Crippen molar-refractivity contribution in [3.05, 3.63) is 35.9 Å². The molecule has 9 heteroatoms. The molecule has 1 heterocycles. The number of methoxy groups -OCH3 is 1. The molecule has 176 valence electrons. The van der Waals surface area contributed by atoms with E-state index in [0.717, 1.165) is 12.0 Å². The summed E-state index contributed by atoms with van der Waals surface area (Å²) in [7, 11) is 1.14. The Morgan fingerprint density at radius 1 is 1.03 bits per heavy atom. The van der Waals surface area contributed by atoms with Crippen molar-refractivity contribution in [1.82, 2.24) is 4.90 Å². The van der Waals surface area contributed by atoms with E-state index in [1.165, 1.54) is 6.92 Å². The fourth-order valence-electron chi connectivity index (χ4n) is 3.93. The Bertz CT molecular complexity index is 840. The van der Waals surface area contributed by atoms with Gasteiger partial charge in [-0.05, 0) is 40.2 Å². The third-order valence-electron chi connectivity index (χ3n) is 5.24. The molecular formula is C23H31NO8. The summed E-state index contributed by atoms with van der Waals surface area (Å²) in [5.74, 6) is -3.96. The molecule has 1 N–H and O–H groups in total. The summed E-state index contributed by atoms with van der Waals surface area (Å²) in [4.78, 5) is 53.6. The lowest BCUT2D eigenvalue weighted by molar-refractivity contribution is -0.196. The topological polar surface area (TPSA) is 119 Å². The fraction of sp³-hybridized carbons (Fsp3) is 0.565. The second-order valence-electron chi connectivity index (χ2n) is 8.56. The maximum Gasteiger partial charge on any atom is 0.347 e. The number of aliphatic hydroxyl groups is 1. The third-order valence-corrected chi connectivity index (χ3v) is 5.24. The third kappa shape index (κ3) is 4.62. The average molecular weight is 450 g/mol. The first-order valence-corrected chi connectivity index (χ1v) is 10.5. The molecule has 1 aliphatic rings. The van der Waals surface area contributed by atoms with Gasteiger partial charge >= 0.3 is 17.9 Å². The van der Waals surface area contributed by atoms with Crippen molar-refractivity contribution in [3.8, 4) is 0 Å². The Hall–Kier alpha value is -2.94. The van der Waals surface area contributed by atoms with Gasteiger partial charge in [-0.2, -0.15) is 0 Å². The molecule has 0 bridgehead atoms. The van der Waals surface area contributed by atoms with Gasteiger partial charge in [0.15, 0.2) is 0 Å². The number of carbonyl (C=O) groups is 4. The van der Waals surface area contributed by atoms with Crippen LogP contribution in [0.3, 0.4) is 0 Å². The predicted octanol–water partition coefficient (Wildman–Crippen LogP) is 1.40. The number of amides is 1. The van der Waals surface area contributed by atoms with Crippen LogP contribution >= 0.6 is 0 Å². The molecule has 2 rings (SSSR count). The lowest BCUT2D eigenvalue weighted by atomic mass is 9.80. The van der Waals surface area contributed by atoms with Gasteiger partial charge in [0, 0.05) is 6.42 Å². The van der Waals surface area contributed by atoms with Crippen LogP contribution < -0.4 is 0 Å². The van der Waals surface area contributed by atoms with E-state index in [1.54, 1.807) is 58.0 Å². The molecule has 1 amide bonds. The maximum atomic E-state index is 13.4. The normalized spacial score (nSPS) is 20.9. The lowest BCUT2D eigenvalue weighted by Gasteiger charge is -2.43. The summed E-state index contributed by atoms with van der Waals surface area (Å²) < 4.78 is 15.6. The van der Waals surface area contributed by atoms with E-state index in [-0.39, 0.29) is 6.42 Å². The minimum atomic E-state index is -2.59. The van der Waals surface area contributed by atoms with E-state index in [0.29, 0.717) is 5.56 Å². The molecule has 0 spiro atoms. The highest BCUT2D eigenvalue weighted by atomic mass is 16.6. The van der Waals surface area contributed by atoms with Crippen molar-refractivity contribution < 1.29 is 38.5 Å². The minimum Gasteiger partial charge on any atom is -0.467 e. The first-order valence-electron chi connectivity index (χ1n) is 10.5. The second-order valence-corrected chi connectivity index (χ2v) is 8.56. The molecule has 9 nitrogen and oxygen atoms in total. The van der Waals surface area contributed by atoms with E-state index < -0.39 is 59.6 Å². The van der Waals surface area contributed by atoms with E-state index in [4.69, 9.17) is 14.2 Å². The lowest BCUT2D eigenvalue weighted by Crippen LogP contribution is -2.71. The molecule has 0 aliphatic carbocycles. The van der Waals surface area contributed by atoms with Gasteiger partial charge in [0.25, 0.3) is 5.54 Å². The molecule has 2 unspecified atom stereocenters. The molecule has 1 aromatic carbocycles. The molecule has 32 heavy (non-hydrogen) atoms. The fourth-order valence-corrected chi connectivity index (χ4v) is 3.93. The summed E-state index contributed by atoms with van der Waals surface area (Å²) in [6.45, 7) is 7.45. The van der Waals surface area contributed by atoms with Crippen molar-refractivity contribution in [3.63, 3.8) is 0 Å². The molecule has 1 aliphatic heterocycles. The van der Waals surface area contributed by atoms with Crippen LogP contribution in [0.2, 0.25) is 0 Å². The van der Waals surface area contributed by atoms with Crippen LogP contribution in [0, 0.1) is 0 Å². The zero-order valence-corrected chi connectivity index (χ0v) is 19.3. The molecule has 1 fully saturated rings. The van der Waals surface area contributed by atoms with Crippen molar-refractivity contribution >= 4 is 23.8 Å². The van der Waals surface area contributed by atoms with E-state index in [1.807, 2.05) is 0 Å². The van der Waals surface area contributed by atoms with Gasteiger partial charge in [0.1, 0.15) is 11.6 Å². The Morgan fingerprint density at radius 3 is 1.97 bits per heavy atom. The highest BCUT2D eigenvalue weighted by molar-refractivity contribution is 6.13. The summed E-state index contributed by atoms with van der Waals surface area (Å²) in [6, 6.07) is 7.36. The predicted molar refractivity (Wildman–Crippen MR) is 113 cm³/mol. The van der Waals surface area contributed by atoms with Crippen molar-refractivity contribution in [2.75, 3.05) is 7.11 Å². The standard InChI is InChI=1S/C23H31NO8/c1-14(2)31-20(27)23(21(28)32-15(3)4)22(5,29)13-18(25)24(23)17(19(26)30-6)12-16-10-8-7-9-11-16/h7-11,14-15,17,29H,12-13H2,1-6H3. The summed E-state index contributed by atoms with van der Waals surface area (Å²) >= 11 is 0. The van der Waals surface area contributed by atoms with Crippen LogP contribution in [0.25, 0.3) is 0 Å². The van der Waals surface area contributed by atoms with Gasteiger partial charge in [-0.3, -0.25) is 4.79 Å². The van der Waals surface area contributed by atoms with Crippen LogP contribution in [-0.4, -0.2) is 70.3 Å². The SMILES string of the molecule is COC(=O)C(Cc1ccccc1)N1C(=O)CC(C)(O)C1(C(=O)OC(C)C)C(=O)OC(C)C. The number of esters is 3. The van der Waals surface area contributed by atoms with Crippen molar-refractivity contribution in [2.24, 2.45) is 0 Å². The van der Waals surface area contributed by atoms with Crippen LogP contribution in [0.4, 0.5) is 0 Å². The Kier molecular flexibility index (Phi) is 7.66. The molecule has 1 saturated heterocycles. The van der Waals surface area contributed by atoms with Crippen LogP contribution in [0.5, 0.6) is 0 Å².